The summed E-state index contributed by atoms with van der Waals surface area (Å²) in [6, 6.07) is 12.7. The van der Waals surface area contributed by atoms with Crippen LogP contribution < -0.4 is 10.5 Å². The summed E-state index contributed by atoms with van der Waals surface area (Å²) in [6.07, 6.45) is 0. The van der Waals surface area contributed by atoms with Crippen molar-refractivity contribution in [3.8, 4) is 11.5 Å². The average molecular weight is 257 g/mol. The fourth-order valence-electron chi connectivity index (χ4n) is 1.75. The third kappa shape index (κ3) is 2.85. The number of benzene rings is 2. The van der Waals surface area contributed by atoms with E-state index in [0.29, 0.717) is 12.2 Å². The van der Waals surface area contributed by atoms with Crippen molar-refractivity contribution < 1.29 is 14.6 Å². The van der Waals surface area contributed by atoms with E-state index in [0.717, 1.165) is 5.56 Å². The maximum Gasteiger partial charge on any atom is 0.181 e. The number of ketones is 1. The number of nitrogens with two attached hydrogens (primary N) is 1. The first-order valence-corrected chi connectivity index (χ1v) is 5.88. The Hall–Kier alpha value is -2.49. The van der Waals surface area contributed by atoms with Crippen LogP contribution in [0.2, 0.25) is 0 Å². The Morgan fingerprint density at radius 3 is 2.53 bits per heavy atom. The van der Waals surface area contributed by atoms with Gasteiger partial charge in [-0.25, -0.2) is 0 Å². The number of phenolic OH excluding ortho intramolecular Hbond substituents is 1. The standard InChI is InChI=1S/C15H15NO3/c1-10(17)12-7-8-13(15(18)14(12)16)19-9-11-5-3-2-4-6-11/h2-8,18H,9,16H2,1H3. The Bertz CT molecular complexity index is 594. The zero-order valence-electron chi connectivity index (χ0n) is 10.6. The molecule has 0 fully saturated rings. The van der Waals surface area contributed by atoms with E-state index in [1.807, 2.05) is 30.3 Å². The summed E-state index contributed by atoms with van der Waals surface area (Å²) in [5.41, 5.74) is 7.03. The molecule has 19 heavy (non-hydrogen) atoms. The molecule has 0 unspecified atom stereocenters. The van der Waals surface area contributed by atoms with Gasteiger partial charge in [0.1, 0.15) is 6.61 Å². The van der Waals surface area contributed by atoms with Gasteiger partial charge in [-0.2, -0.15) is 0 Å². The van der Waals surface area contributed by atoms with Crippen molar-refractivity contribution in [2.45, 2.75) is 13.5 Å². The summed E-state index contributed by atoms with van der Waals surface area (Å²) >= 11 is 0. The first-order valence-electron chi connectivity index (χ1n) is 5.88. The Labute approximate surface area is 111 Å². The zero-order chi connectivity index (χ0) is 13.8. The summed E-state index contributed by atoms with van der Waals surface area (Å²) in [7, 11) is 0. The van der Waals surface area contributed by atoms with Crippen LogP contribution in [-0.2, 0) is 6.61 Å². The number of nitrogen functional groups attached to an aromatic ring is 1. The fraction of sp³-hybridized carbons (Fsp3) is 0.133. The summed E-state index contributed by atoms with van der Waals surface area (Å²) in [4.78, 5) is 11.3. The topological polar surface area (TPSA) is 72.5 Å². The number of anilines is 1. The minimum absolute atomic E-state index is 0.0538. The second kappa shape index (κ2) is 5.44. The van der Waals surface area contributed by atoms with E-state index in [-0.39, 0.29) is 23.0 Å². The number of carbonyl (C=O) groups excluding carboxylic acids is 1. The van der Waals surface area contributed by atoms with Gasteiger partial charge >= 0.3 is 0 Å². The molecular weight excluding hydrogens is 242 g/mol. The third-order valence-corrected chi connectivity index (χ3v) is 2.80. The van der Waals surface area contributed by atoms with Gasteiger partial charge in [-0.15, -0.1) is 0 Å². The molecule has 0 bridgehead atoms. The van der Waals surface area contributed by atoms with Crippen molar-refractivity contribution in [2.24, 2.45) is 0 Å². The summed E-state index contributed by atoms with van der Waals surface area (Å²) < 4.78 is 5.50. The lowest BCUT2D eigenvalue weighted by Crippen LogP contribution is -2.02. The lowest BCUT2D eigenvalue weighted by molar-refractivity contribution is 0.101. The number of Topliss-reactive ketones (excluding diaryl/α,β-unsaturated/α-hetero) is 1. The Balaban J connectivity index is 2.18. The van der Waals surface area contributed by atoms with Gasteiger partial charge in [0.2, 0.25) is 0 Å². The highest BCUT2D eigenvalue weighted by Gasteiger charge is 2.13. The van der Waals surface area contributed by atoms with Gasteiger partial charge in [-0.3, -0.25) is 4.79 Å². The van der Waals surface area contributed by atoms with Gasteiger partial charge in [-0.05, 0) is 24.6 Å². The lowest BCUT2D eigenvalue weighted by atomic mass is 10.1. The van der Waals surface area contributed by atoms with Crippen molar-refractivity contribution in [1.29, 1.82) is 0 Å². The molecule has 0 aromatic heterocycles. The van der Waals surface area contributed by atoms with Crippen LogP contribution in [0.15, 0.2) is 42.5 Å². The highest BCUT2D eigenvalue weighted by molar-refractivity contribution is 6.00. The number of phenols is 1. The molecule has 2 aromatic carbocycles. The smallest absolute Gasteiger partial charge is 0.181 e. The second-order valence-electron chi connectivity index (χ2n) is 4.20. The molecule has 0 atom stereocenters. The molecule has 4 nitrogen and oxygen atoms in total. The quantitative estimate of drug-likeness (QED) is 0.502. The molecule has 2 aromatic rings. The molecular formula is C15H15NO3. The number of rotatable bonds is 4. The van der Waals surface area contributed by atoms with Gasteiger partial charge in [0.15, 0.2) is 17.3 Å². The van der Waals surface area contributed by atoms with Crippen LogP contribution in [-0.4, -0.2) is 10.9 Å². The van der Waals surface area contributed by atoms with Crippen LogP contribution in [0, 0.1) is 0 Å². The second-order valence-corrected chi connectivity index (χ2v) is 4.20. The van der Waals surface area contributed by atoms with Crippen LogP contribution in [0.4, 0.5) is 5.69 Å². The van der Waals surface area contributed by atoms with Gasteiger partial charge in [0, 0.05) is 5.56 Å². The number of hydrogen-bond donors (Lipinski definition) is 2. The van der Waals surface area contributed by atoms with Crippen LogP contribution >= 0.6 is 0 Å². The molecule has 0 aliphatic carbocycles. The van der Waals surface area contributed by atoms with E-state index < -0.39 is 0 Å². The summed E-state index contributed by atoms with van der Waals surface area (Å²) in [5, 5.41) is 9.90. The monoisotopic (exact) mass is 257 g/mol. The largest absolute Gasteiger partial charge is 0.503 e. The van der Waals surface area contributed by atoms with Crippen LogP contribution in [0.3, 0.4) is 0 Å². The molecule has 0 saturated heterocycles. The molecule has 3 N–H and O–H groups in total. The van der Waals surface area contributed by atoms with Crippen molar-refractivity contribution in [3.63, 3.8) is 0 Å². The van der Waals surface area contributed by atoms with Gasteiger partial charge < -0.3 is 15.6 Å². The predicted molar refractivity (Wildman–Crippen MR) is 73.3 cm³/mol. The highest BCUT2D eigenvalue weighted by atomic mass is 16.5. The number of hydrogen-bond acceptors (Lipinski definition) is 4. The third-order valence-electron chi connectivity index (χ3n) is 2.80. The van der Waals surface area contributed by atoms with Crippen LogP contribution in [0.25, 0.3) is 0 Å². The van der Waals surface area contributed by atoms with Crippen molar-refractivity contribution >= 4 is 11.5 Å². The van der Waals surface area contributed by atoms with Crippen molar-refractivity contribution in [1.82, 2.24) is 0 Å². The Morgan fingerprint density at radius 2 is 1.89 bits per heavy atom. The molecule has 0 saturated carbocycles. The molecule has 2 rings (SSSR count). The van der Waals surface area contributed by atoms with E-state index in [4.69, 9.17) is 10.5 Å². The summed E-state index contributed by atoms with van der Waals surface area (Å²) in [5.74, 6) is -0.114. The van der Waals surface area contributed by atoms with Gasteiger partial charge in [-0.1, -0.05) is 30.3 Å². The van der Waals surface area contributed by atoms with E-state index >= 15 is 0 Å². The van der Waals surface area contributed by atoms with E-state index in [1.165, 1.54) is 6.92 Å². The molecule has 0 aliphatic rings. The SMILES string of the molecule is CC(=O)c1ccc(OCc2ccccc2)c(O)c1N. The highest BCUT2D eigenvalue weighted by Crippen LogP contribution is 2.35. The number of ether oxygens (including phenoxy) is 1. The van der Waals surface area contributed by atoms with Crippen LogP contribution in [0.1, 0.15) is 22.8 Å². The maximum atomic E-state index is 11.3. The predicted octanol–water partition coefficient (Wildman–Crippen LogP) is 2.76. The molecule has 0 amide bonds. The molecule has 0 spiro atoms. The van der Waals surface area contributed by atoms with E-state index in [9.17, 15) is 9.90 Å². The fourth-order valence-corrected chi connectivity index (χ4v) is 1.75. The zero-order valence-corrected chi connectivity index (χ0v) is 10.6. The first-order chi connectivity index (χ1) is 9.09. The van der Waals surface area contributed by atoms with Crippen molar-refractivity contribution in [2.75, 3.05) is 5.73 Å². The van der Waals surface area contributed by atoms with Gasteiger partial charge in [0.05, 0.1) is 5.69 Å². The Kier molecular flexibility index (Phi) is 3.71. The number of aromatic hydroxyl groups is 1. The first kappa shape index (κ1) is 13.0. The van der Waals surface area contributed by atoms with E-state index in [2.05, 4.69) is 0 Å². The Morgan fingerprint density at radius 1 is 1.21 bits per heavy atom. The molecule has 98 valence electrons. The van der Waals surface area contributed by atoms with Crippen molar-refractivity contribution in [3.05, 3.63) is 53.6 Å². The van der Waals surface area contributed by atoms with Crippen LogP contribution in [0.5, 0.6) is 11.5 Å². The lowest BCUT2D eigenvalue weighted by Gasteiger charge is -2.11. The minimum atomic E-state index is -0.192. The number of carbonyl (C=O) groups is 1. The maximum absolute atomic E-state index is 11.3. The minimum Gasteiger partial charge on any atom is -0.503 e. The summed E-state index contributed by atoms with van der Waals surface area (Å²) in [6.45, 7) is 1.73. The van der Waals surface area contributed by atoms with Gasteiger partial charge in [0.25, 0.3) is 0 Å². The molecule has 4 heteroatoms. The molecule has 0 heterocycles. The molecule has 0 radical (unpaired) electrons. The normalized spacial score (nSPS) is 10.2. The average Bonchev–Trinajstić information content (AvgIpc) is 2.41. The van der Waals surface area contributed by atoms with E-state index in [1.54, 1.807) is 12.1 Å². The molecule has 0 aliphatic heterocycles.